The molecule has 49 heavy (non-hydrogen) atoms. The number of aliphatic hydroxyl groups is 1. The van der Waals surface area contributed by atoms with Crippen molar-refractivity contribution in [2.75, 3.05) is 13.2 Å². The molecule has 0 saturated carbocycles. The van der Waals surface area contributed by atoms with Crippen molar-refractivity contribution in [1.29, 1.82) is 0 Å². The van der Waals surface area contributed by atoms with E-state index in [4.69, 9.17) is 21.9 Å². The van der Waals surface area contributed by atoms with Crippen LogP contribution in [0, 0.1) is 0 Å². The number of carbonyl (C=O) groups is 2. The van der Waals surface area contributed by atoms with Gasteiger partial charge < -0.3 is 32.4 Å². The van der Waals surface area contributed by atoms with Crippen LogP contribution < -0.4 is 22.5 Å². The van der Waals surface area contributed by atoms with E-state index >= 15 is 0 Å². The van der Waals surface area contributed by atoms with Gasteiger partial charge in [0.1, 0.15) is 12.6 Å². The zero-order chi connectivity index (χ0) is 36.2. The molecule has 0 spiro atoms. The summed E-state index contributed by atoms with van der Waals surface area (Å²) < 4.78 is 5.42. The molecule has 0 saturated heterocycles. The first-order valence-electron chi connectivity index (χ1n) is 20.4. The Morgan fingerprint density at radius 2 is 1.14 bits per heavy atom. The first kappa shape index (κ1) is 46.9. The highest BCUT2D eigenvalue weighted by molar-refractivity contribution is 5.84. The van der Waals surface area contributed by atoms with Crippen LogP contribution in [0.25, 0.3) is 0 Å². The van der Waals surface area contributed by atoms with Gasteiger partial charge in [0.05, 0.1) is 12.1 Å². The fourth-order valence-electron chi connectivity index (χ4n) is 5.99. The van der Waals surface area contributed by atoms with Gasteiger partial charge in [0.15, 0.2) is 5.96 Å². The first-order chi connectivity index (χ1) is 23.8. The molecule has 9 heteroatoms. The van der Waals surface area contributed by atoms with Crippen LogP contribution in [0.15, 0.2) is 17.1 Å². The van der Waals surface area contributed by atoms with Gasteiger partial charge in [-0.1, -0.05) is 167 Å². The Bertz CT molecular complexity index is 818. The molecule has 3 atom stereocenters. The van der Waals surface area contributed by atoms with Gasteiger partial charge in [-0.05, 0) is 32.1 Å². The van der Waals surface area contributed by atoms with Crippen LogP contribution in [0.2, 0.25) is 0 Å². The van der Waals surface area contributed by atoms with Crippen LogP contribution in [-0.2, 0) is 14.3 Å². The van der Waals surface area contributed by atoms with Crippen molar-refractivity contribution >= 4 is 17.8 Å². The number of allylic oxidation sites excluding steroid dienone is 1. The lowest BCUT2D eigenvalue weighted by molar-refractivity contribution is -0.149. The highest BCUT2D eigenvalue weighted by Gasteiger charge is 2.24. The highest BCUT2D eigenvalue weighted by Crippen LogP contribution is 2.14. The fourth-order valence-corrected chi connectivity index (χ4v) is 5.99. The van der Waals surface area contributed by atoms with E-state index in [1.807, 2.05) is 6.08 Å². The van der Waals surface area contributed by atoms with E-state index in [0.717, 1.165) is 32.1 Å². The minimum atomic E-state index is -0.882. The van der Waals surface area contributed by atoms with E-state index in [9.17, 15) is 14.7 Å². The molecule has 9 nitrogen and oxygen atoms in total. The molecule has 0 aliphatic carbocycles. The highest BCUT2D eigenvalue weighted by atomic mass is 16.5. The SMILES string of the molecule is CCCCCCCCCCCCCC=CCC(O)C(N)COC(=O)C(CCN=C(N)N)NC(=O)CCCCCCCCCCCCCCC. The summed E-state index contributed by atoms with van der Waals surface area (Å²) in [5.41, 5.74) is 17.0. The predicted octanol–water partition coefficient (Wildman–Crippen LogP) is 8.49. The number of ether oxygens (including phenoxy) is 1. The third-order valence-corrected chi connectivity index (χ3v) is 9.27. The lowest BCUT2D eigenvalue weighted by Crippen LogP contribution is -2.45. The van der Waals surface area contributed by atoms with E-state index in [-0.39, 0.29) is 31.4 Å². The van der Waals surface area contributed by atoms with E-state index < -0.39 is 24.2 Å². The van der Waals surface area contributed by atoms with E-state index in [2.05, 4.69) is 30.2 Å². The van der Waals surface area contributed by atoms with Gasteiger partial charge in [-0.25, -0.2) is 4.79 Å². The molecule has 0 fully saturated rings. The first-order valence-corrected chi connectivity index (χ1v) is 20.4. The maximum absolute atomic E-state index is 12.9. The molecule has 8 N–H and O–H groups in total. The van der Waals surface area contributed by atoms with Gasteiger partial charge in [-0.2, -0.15) is 0 Å². The van der Waals surface area contributed by atoms with Gasteiger partial charge in [0.25, 0.3) is 0 Å². The quantitative estimate of drug-likeness (QED) is 0.0144. The second kappa shape index (κ2) is 35.7. The summed E-state index contributed by atoms with van der Waals surface area (Å²) in [5.74, 6) is -0.867. The van der Waals surface area contributed by atoms with Crippen LogP contribution in [-0.4, -0.2) is 54.3 Å². The van der Waals surface area contributed by atoms with Crippen LogP contribution in [0.4, 0.5) is 0 Å². The molecule has 0 rings (SSSR count). The lowest BCUT2D eigenvalue weighted by atomic mass is 10.0. The number of nitrogens with zero attached hydrogens (tertiary/aromatic N) is 1. The van der Waals surface area contributed by atoms with Crippen molar-refractivity contribution in [1.82, 2.24) is 5.32 Å². The Labute approximate surface area is 301 Å². The minimum absolute atomic E-state index is 0.0767. The van der Waals surface area contributed by atoms with Gasteiger partial charge in [0.2, 0.25) is 5.91 Å². The molecular formula is C40H79N5O4. The van der Waals surface area contributed by atoms with E-state index in [1.54, 1.807) is 0 Å². The van der Waals surface area contributed by atoms with Crippen LogP contribution in [0.1, 0.15) is 194 Å². The zero-order valence-corrected chi connectivity index (χ0v) is 32.0. The summed E-state index contributed by atoms with van der Waals surface area (Å²) in [6.45, 7) is 4.55. The number of nitrogens with two attached hydrogens (primary N) is 3. The Morgan fingerprint density at radius 1 is 0.694 bits per heavy atom. The third kappa shape index (κ3) is 32.8. The second-order valence-electron chi connectivity index (χ2n) is 14.1. The average Bonchev–Trinajstić information content (AvgIpc) is 3.08. The van der Waals surface area contributed by atoms with Crippen molar-refractivity contribution in [2.45, 2.75) is 212 Å². The monoisotopic (exact) mass is 694 g/mol. The van der Waals surface area contributed by atoms with Crippen LogP contribution in [0.3, 0.4) is 0 Å². The molecule has 0 bridgehead atoms. The summed E-state index contributed by atoms with van der Waals surface area (Å²) in [5, 5.41) is 13.3. The maximum atomic E-state index is 12.9. The Hall–Kier alpha value is -2.13. The molecule has 1 amide bonds. The number of hydrogen-bond donors (Lipinski definition) is 5. The molecular weight excluding hydrogens is 614 g/mol. The van der Waals surface area contributed by atoms with Crippen molar-refractivity contribution in [3.8, 4) is 0 Å². The summed E-state index contributed by atoms with van der Waals surface area (Å²) in [6.07, 6.45) is 35.8. The largest absolute Gasteiger partial charge is 0.462 e. The van der Waals surface area contributed by atoms with E-state index in [1.165, 1.54) is 128 Å². The number of aliphatic imine (C=N–C) groups is 1. The van der Waals surface area contributed by atoms with Crippen molar-refractivity contribution in [3.05, 3.63) is 12.2 Å². The summed E-state index contributed by atoms with van der Waals surface area (Å²) >= 11 is 0. The van der Waals surface area contributed by atoms with Gasteiger partial charge in [-0.3, -0.25) is 9.79 Å². The molecule has 3 unspecified atom stereocenters. The minimum Gasteiger partial charge on any atom is -0.462 e. The molecule has 0 aliphatic heterocycles. The number of esters is 1. The fraction of sp³-hybridized carbons (Fsp3) is 0.875. The number of carbonyl (C=O) groups excluding carboxylic acids is 2. The van der Waals surface area contributed by atoms with Gasteiger partial charge >= 0.3 is 5.97 Å². The standard InChI is InChI=1S/C40H79N5O4/c1-3-5-7-9-11-13-15-17-19-20-22-24-26-28-30-37(46)35(41)34-49-39(48)36(32-33-44-40(42)43)45-38(47)31-29-27-25-23-21-18-16-14-12-10-8-6-4-2/h26,28,35-37,46H,3-25,27,29-34,41H2,1-2H3,(H,45,47)(H4,42,43,44). The number of hydrogen-bond acceptors (Lipinski definition) is 6. The Balaban J connectivity index is 4.20. The van der Waals surface area contributed by atoms with Crippen molar-refractivity contribution < 1.29 is 19.4 Å². The van der Waals surface area contributed by atoms with E-state index in [0.29, 0.717) is 12.8 Å². The molecule has 0 heterocycles. The van der Waals surface area contributed by atoms with Crippen molar-refractivity contribution in [3.63, 3.8) is 0 Å². The third-order valence-electron chi connectivity index (χ3n) is 9.27. The van der Waals surface area contributed by atoms with Gasteiger partial charge in [-0.15, -0.1) is 0 Å². The number of rotatable bonds is 36. The van der Waals surface area contributed by atoms with Crippen LogP contribution in [0.5, 0.6) is 0 Å². The number of unbranched alkanes of at least 4 members (excludes halogenated alkanes) is 23. The maximum Gasteiger partial charge on any atom is 0.328 e. The summed E-state index contributed by atoms with van der Waals surface area (Å²) in [4.78, 5) is 29.5. The Kier molecular flexibility index (Phi) is 34.1. The van der Waals surface area contributed by atoms with Crippen LogP contribution >= 0.6 is 0 Å². The number of amides is 1. The topological polar surface area (TPSA) is 166 Å². The zero-order valence-electron chi connectivity index (χ0n) is 32.0. The molecule has 288 valence electrons. The van der Waals surface area contributed by atoms with Crippen molar-refractivity contribution in [2.24, 2.45) is 22.2 Å². The molecule has 0 aromatic carbocycles. The summed E-state index contributed by atoms with van der Waals surface area (Å²) in [6, 6.07) is -1.61. The molecule has 0 radical (unpaired) electrons. The Morgan fingerprint density at radius 3 is 1.61 bits per heavy atom. The normalized spacial score (nSPS) is 13.3. The number of aliphatic hydroxyl groups excluding tert-OH is 1. The molecule has 0 aliphatic rings. The second-order valence-corrected chi connectivity index (χ2v) is 14.1. The molecule has 0 aromatic rings. The predicted molar refractivity (Wildman–Crippen MR) is 207 cm³/mol. The number of nitrogens with one attached hydrogen (secondary N) is 1. The smallest absolute Gasteiger partial charge is 0.328 e. The summed E-state index contributed by atoms with van der Waals surface area (Å²) in [7, 11) is 0. The lowest BCUT2D eigenvalue weighted by Gasteiger charge is -2.21. The molecule has 0 aromatic heterocycles. The number of guanidine groups is 1. The average molecular weight is 694 g/mol. The van der Waals surface area contributed by atoms with Gasteiger partial charge in [0, 0.05) is 13.0 Å².